The van der Waals surface area contributed by atoms with Crippen molar-refractivity contribution in [3.8, 4) is 20.9 Å². The fraction of sp³-hybridized carbons (Fsp3) is 0.250. The van der Waals surface area contributed by atoms with Crippen molar-refractivity contribution in [3.63, 3.8) is 0 Å². The molecule has 4 rings (SSSR count). The summed E-state index contributed by atoms with van der Waals surface area (Å²) in [7, 11) is 0. The highest BCUT2D eigenvalue weighted by Crippen LogP contribution is 2.43. The van der Waals surface area contributed by atoms with Crippen LogP contribution in [-0.4, -0.2) is 18.9 Å². The van der Waals surface area contributed by atoms with E-state index in [9.17, 15) is 4.79 Å². The second-order valence-electron chi connectivity index (χ2n) is 5.83. The lowest BCUT2D eigenvalue weighted by atomic mass is 9.95. The number of esters is 1. The van der Waals surface area contributed by atoms with Gasteiger partial charge in [0.1, 0.15) is 0 Å². The maximum atomic E-state index is 12.6. The summed E-state index contributed by atoms with van der Waals surface area (Å²) in [6.45, 7) is 4.02. The first-order valence-electron chi connectivity index (χ1n) is 8.41. The minimum Gasteiger partial charge on any atom is -0.462 e. The zero-order valence-electron chi connectivity index (χ0n) is 14.4. The number of thiophene rings is 2. The number of hydrogen-bond acceptors (Lipinski definition) is 6. The summed E-state index contributed by atoms with van der Waals surface area (Å²) in [4.78, 5) is 14.7. The predicted octanol–water partition coefficient (Wildman–Crippen LogP) is 5.71. The fourth-order valence-corrected chi connectivity index (χ4v) is 4.50. The first-order chi connectivity index (χ1) is 12.7. The number of benzene rings is 1. The lowest BCUT2D eigenvalue weighted by Gasteiger charge is -2.35. The van der Waals surface area contributed by atoms with Gasteiger partial charge in [-0.05, 0) is 48.9 Å². The van der Waals surface area contributed by atoms with Crippen LogP contribution in [0.25, 0.3) is 20.9 Å². The Morgan fingerprint density at radius 3 is 2.27 bits per heavy atom. The van der Waals surface area contributed by atoms with Crippen molar-refractivity contribution < 1.29 is 19.0 Å². The molecular formula is C20H18O4S2. The first kappa shape index (κ1) is 17.4. The summed E-state index contributed by atoms with van der Waals surface area (Å²) >= 11 is 3.21. The van der Waals surface area contributed by atoms with Crippen molar-refractivity contribution in [1.29, 1.82) is 0 Å². The highest BCUT2D eigenvalue weighted by molar-refractivity contribution is 7.14. The van der Waals surface area contributed by atoms with Crippen molar-refractivity contribution in [2.45, 2.75) is 26.4 Å². The molecule has 4 nitrogen and oxygen atoms in total. The van der Waals surface area contributed by atoms with E-state index in [1.807, 2.05) is 61.0 Å². The molecule has 0 atom stereocenters. The Hall–Kier alpha value is -1.99. The van der Waals surface area contributed by atoms with Crippen LogP contribution in [-0.2, 0) is 14.2 Å². The van der Waals surface area contributed by atoms with Gasteiger partial charge in [-0.25, -0.2) is 4.79 Å². The number of rotatable bonds is 5. The zero-order valence-corrected chi connectivity index (χ0v) is 16.1. The smallest absolute Gasteiger partial charge is 0.338 e. The van der Waals surface area contributed by atoms with Gasteiger partial charge in [-0.1, -0.05) is 12.1 Å². The average Bonchev–Trinajstić information content (AvgIpc) is 3.31. The Labute approximate surface area is 160 Å². The van der Waals surface area contributed by atoms with Gasteiger partial charge in [0, 0.05) is 26.4 Å². The summed E-state index contributed by atoms with van der Waals surface area (Å²) in [5.74, 6) is -0.316. The molecule has 2 aromatic heterocycles. The molecular weight excluding hydrogens is 368 g/mol. The van der Waals surface area contributed by atoms with Crippen LogP contribution in [0.5, 0.6) is 0 Å². The Morgan fingerprint density at radius 1 is 1.08 bits per heavy atom. The minimum absolute atomic E-state index is 0.217. The monoisotopic (exact) mass is 386 g/mol. The van der Waals surface area contributed by atoms with Crippen molar-refractivity contribution in [1.82, 2.24) is 0 Å². The van der Waals surface area contributed by atoms with E-state index in [0.717, 1.165) is 26.4 Å². The van der Waals surface area contributed by atoms with E-state index in [0.29, 0.717) is 12.2 Å². The molecule has 1 aromatic carbocycles. The van der Waals surface area contributed by atoms with Crippen LogP contribution in [0.1, 0.15) is 36.1 Å². The van der Waals surface area contributed by atoms with Gasteiger partial charge in [0.15, 0.2) is 12.6 Å². The van der Waals surface area contributed by atoms with E-state index in [1.54, 1.807) is 22.7 Å². The maximum absolute atomic E-state index is 12.6. The normalized spacial score (nSPS) is 19.2. The molecule has 0 radical (unpaired) electrons. The molecule has 1 fully saturated rings. The molecule has 1 aliphatic heterocycles. The molecule has 1 aliphatic rings. The van der Waals surface area contributed by atoms with Crippen molar-refractivity contribution in [2.24, 2.45) is 0 Å². The van der Waals surface area contributed by atoms with E-state index in [2.05, 4.69) is 0 Å². The molecule has 1 saturated heterocycles. The van der Waals surface area contributed by atoms with Crippen LogP contribution < -0.4 is 0 Å². The molecule has 0 saturated carbocycles. The number of carbonyl (C=O) groups is 1. The van der Waals surface area contributed by atoms with Crippen molar-refractivity contribution >= 4 is 28.6 Å². The number of hydrogen-bond donors (Lipinski definition) is 0. The van der Waals surface area contributed by atoms with Gasteiger partial charge in [0.05, 0.1) is 12.2 Å². The summed E-state index contributed by atoms with van der Waals surface area (Å²) in [5, 5.41) is 4.01. The second-order valence-corrected chi connectivity index (χ2v) is 7.73. The van der Waals surface area contributed by atoms with Gasteiger partial charge in [-0.15, -0.1) is 22.7 Å². The molecule has 0 amide bonds. The van der Waals surface area contributed by atoms with E-state index >= 15 is 0 Å². The molecule has 6 heteroatoms. The molecule has 0 spiro atoms. The Morgan fingerprint density at radius 2 is 1.73 bits per heavy atom. The molecule has 0 bridgehead atoms. The Balaban J connectivity index is 1.90. The van der Waals surface area contributed by atoms with Crippen LogP contribution in [0.15, 0.2) is 47.2 Å². The quantitative estimate of drug-likeness (QED) is 0.527. The second kappa shape index (κ2) is 7.32. The van der Waals surface area contributed by atoms with E-state index in [4.69, 9.17) is 14.2 Å². The highest BCUT2D eigenvalue weighted by atomic mass is 32.1. The molecule has 0 unspecified atom stereocenters. The van der Waals surface area contributed by atoms with Crippen LogP contribution in [0, 0.1) is 0 Å². The predicted molar refractivity (Wildman–Crippen MR) is 103 cm³/mol. The van der Waals surface area contributed by atoms with Gasteiger partial charge < -0.3 is 14.2 Å². The third kappa shape index (κ3) is 3.21. The van der Waals surface area contributed by atoms with Gasteiger partial charge in [0.25, 0.3) is 0 Å². The van der Waals surface area contributed by atoms with Crippen LogP contribution in [0.4, 0.5) is 0 Å². The minimum atomic E-state index is -0.419. The average molecular weight is 386 g/mol. The Kier molecular flexibility index (Phi) is 4.91. The molecule has 0 aliphatic carbocycles. The fourth-order valence-electron chi connectivity index (χ4n) is 2.97. The van der Waals surface area contributed by atoms with Gasteiger partial charge >= 0.3 is 5.97 Å². The topological polar surface area (TPSA) is 44.8 Å². The van der Waals surface area contributed by atoms with Crippen molar-refractivity contribution in [3.05, 3.63) is 58.3 Å². The summed E-state index contributed by atoms with van der Waals surface area (Å²) in [6, 6.07) is 11.9. The lowest BCUT2D eigenvalue weighted by Crippen LogP contribution is -2.32. The molecule has 3 heterocycles. The molecule has 3 aromatic rings. The summed E-state index contributed by atoms with van der Waals surface area (Å²) in [5.41, 5.74) is 3.29. The maximum Gasteiger partial charge on any atom is 0.338 e. The van der Waals surface area contributed by atoms with Crippen LogP contribution in [0.3, 0.4) is 0 Å². The zero-order chi connectivity index (χ0) is 18.1. The van der Waals surface area contributed by atoms with Gasteiger partial charge in [-0.3, -0.25) is 0 Å². The molecule has 0 N–H and O–H groups in total. The number of carbonyl (C=O) groups excluding carboxylic acids is 1. The van der Waals surface area contributed by atoms with E-state index in [1.165, 1.54) is 0 Å². The number of ether oxygens (including phenoxy) is 3. The largest absolute Gasteiger partial charge is 0.462 e. The highest BCUT2D eigenvalue weighted by Gasteiger charge is 2.32. The summed E-state index contributed by atoms with van der Waals surface area (Å²) < 4.78 is 16.8. The van der Waals surface area contributed by atoms with Crippen molar-refractivity contribution in [2.75, 3.05) is 6.61 Å². The van der Waals surface area contributed by atoms with E-state index in [-0.39, 0.29) is 12.3 Å². The van der Waals surface area contributed by atoms with Gasteiger partial charge in [-0.2, -0.15) is 0 Å². The lowest BCUT2D eigenvalue weighted by molar-refractivity contribution is -0.382. The molecule has 134 valence electrons. The standard InChI is InChI=1S/C20H18O4S2/c1-3-22-19(21)15-10-14(18-7-5-9-26-18)16(20-23-12(2)24-20)11-13(15)17-6-4-8-25-17/h4-12,20H,3H2,1-2H3. The summed E-state index contributed by atoms with van der Waals surface area (Å²) in [6.07, 6.45) is -0.636. The molecule has 26 heavy (non-hydrogen) atoms. The third-order valence-electron chi connectivity index (χ3n) is 4.14. The van der Waals surface area contributed by atoms with Crippen LogP contribution >= 0.6 is 22.7 Å². The van der Waals surface area contributed by atoms with E-state index < -0.39 is 6.29 Å². The van der Waals surface area contributed by atoms with Crippen LogP contribution in [0.2, 0.25) is 0 Å². The SMILES string of the molecule is CCOC(=O)c1cc(-c2cccs2)c(C2OC(C)O2)cc1-c1cccs1. The van der Waals surface area contributed by atoms with Gasteiger partial charge in [0.2, 0.25) is 0 Å². The Bertz CT molecular complexity index is 894. The third-order valence-corrected chi connectivity index (χ3v) is 5.95. The first-order valence-corrected chi connectivity index (χ1v) is 10.2.